The van der Waals surface area contributed by atoms with Crippen LogP contribution in [0.1, 0.15) is 29.3 Å². The number of anilines is 1. The lowest BCUT2D eigenvalue weighted by molar-refractivity contribution is 0.375. The Morgan fingerprint density at radius 3 is 2.33 bits per heavy atom. The van der Waals surface area contributed by atoms with E-state index in [1.165, 1.54) is 0 Å². The average Bonchev–Trinajstić information content (AvgIpc) is 3.39. The molecule has 0 radical (unpaired) electrons. The minimum Gasteiger partial charge on any atom is -0.331 e. The van der Waals surface area contributed by atoms with Crippen LogP contribution >= 0.6 is 39.7 Å². The third-order valence-corrected chi connectivity index (χ3v) is 7.93. The van der Waals surface area contributed by atoms with Crippen LogP contribution in [0.5, 0.6) is 0 Å². The summed E-state index contributed by atoms with van der Waals surface area (Å²) in [7, 11) is 0. The van der Waals surface area contributed by atoms with Gasteiger partial charge in [0.2, 0.25) is 0 Å². The summed E-state index contributed by atoms with van der Waals surface area (Å²) >= 11 is 16.0. The van der Waals surface area contributed by atoms with E-state index in [4.69, 9.17) is 33.9 Å². The Morgan fingerprint density at radius 1 is 0.923 bits per heavy atom. The molecule has 2 heterocycles. The van der Waals surface area contributed by atoms with Gasteiger partial charge in [-0.05, 0) is 72.7 Å². The van der Waals surface area contributed by atoms with E-state index in [1.807, 2.05) is 59.6 Å². The number of pyridine rings is 1. The van der Waals surface area contributed by atoms with E-state index in [-0.39, 0.29) is 6.04 Å². The number of rotatable bonds is 4. The maximum absolute atomic E-state index is 6.49. The fourth-order valence-electron chi connectivity index (χ4n) is 5.11. The Labute approximate surface area is 246 Å². The lowest BCUT2D eigenvalue weighted by Gasteiger charge is -2.25. The first kappa shape index (κ1) is 25.7. The molecule has 0 amide bonds. The Balaban J connectivity index is 1.52. The smallest absolute Gasteiger partial charge is 0.194 e. The summed E-state index contributed by atoms with van der Waals surface area (Å²) in [5, 5.41) is 12.7. The van der Waals surface area contributed by atoms with Crippen LogP contribution in [0.4, 0.5) is 5.69 Å². The number of hydrazone groups is 1. The molecule has 39 heavy (non-hydrogen) atoms. The largest absolute Gasteiger partial charge is 0.331 e. The van der Waals surface area contributed by atoms with Crippen molar-refractivity contribution in [3.63, 3.8) is 0 Å². The van der Waals surface area contributed by atoms with Crippen LogP contribution in [0.15, 0.2) is 113 Å². The summed E-state index contributed by atoms with van der Waals surface area (Å²) in [5.74, 6) is 0. The fourth-order valence-corrected chi connectivity index (χ4v) is 5.83. The van der Waals surface area contributed by atoms with E-state index in [9.17, 15) is 0 Å². The zero-order chi connectivity index (χ0) is 26.9. The quantitative estimate of drug-likeness (QED) is 0.206. The Bertz CT molecular complexity index is 1710. The minimum absolute atomic E-state index is 0.0742. The van der Waals surface area contributed by atoms with Gasteiger partial charge in [0, 0.05) is 43.8 Å². The van der Waals surface area contributed by atoms with Gasteiger partial charge in [-0.15, -0.1) is 0 Å². The molecule has 1 atom stereocenters. The van der Waals surface area contributed by atoms with Crippen molar-refractivity contribution in [3.05, 3.63) is 129 Å². The molecule has 0 saturated heterocycles. The molecule has 1 N–H and O–H groups in total. The molecule has 0 bridgehead atoms. The van der Waals surface area contributed by atoms with Crippen LogP contribution in [0.25, 0.3) is 22.0 Å². The first-order valence-electron chi connectivity index (χ1n) is 12.6. The number of halogens is 2. The van der Waals surface area contributed by atoms with Gasteiger partial charge in [0.25, 0.3) is 0 Å². The van der Waals surface area contributed by atoms with Gasteiger partial charge < -0.3 is 5.32 Å². The number of hydrogen-bond donors (Lipinski definition) is 1. The first-order chi connectivity index (χ1) is 19.0. The maximum atomic E-state index is 6.49. The van der Waals surface area contributed by atoms with Crippen molar-refractivity contribution in [2.24, 2.45) is 5.10 Å². The highest BCUT2D eigenvalue weighted by Gasteiger charge is 2.34. The molecule has 0 fully saturated rings. The lowest BCUT2D eigenvalue weighted by atomic mass is 9.89. The van der Waals surface area contributed by atoms with E-state index < -0.39 is 0 Å². The van der Waals surface area contributed by atoms with E-state index >= 15 is 0 Å². The van der Waals surface area contributed by atoms with Crippen molar-refractivity contribution < 1.29 is 0 Å². The topological polar surface area (TPSA) is 40.5 Å². The Morgan fingerprint density at radius 2 is 1.62 bits per heavy atom. The highest BCUT2D eigenvalue weighted by Crippen LogP contribution is 2.40. The van der Waals surface area contributed by atoms with Crippen molar-refractivity contribution in [2.75, 3.05) is 5.32 Å². The normalized spacial score (nSPS) is 14.9. The van der Waals surface area contributed by atoms with Crippen molar-refractivity contribution in [1.82, 2.24) is 9.99 Å². The highest BCUT2D eigenvalue weighted by molar-refractivity contribution is 9.10. The zero-order valence-electron chi connectivity index (χ0n) is 21.1. The van der Waals surface area contributed by atoms with Gasteiger partial charge in [0.05, 0.1) is 17.3 Å². The molecule has 0 spiro atoms. The van der Waals surface area contributed by atoms with E-state index in [0.29, 0.717) is 16.6 Å². The van der Waals surface area contributed by atoms with Crippen molar-refractivity contribution in [2.45, 2.75) is 19.4 Å². The molecule has 7 heteroatoms. The fraction of sp³-hybridized carbons (Fsp3) is 0.0938. The van der Waals surface area contributed by atoms with Gasteiger partial charge in [0.1, 0.15) is 0 Å². The summed E-state index contributed by atoms with van der Waals surface area (Å²) in [6.07, 6.45) is 0.673. The van der Waals surface area contributed by atoms with Crippen molar-refractivity contribution >= 4 is 67.2 Å². The van der Waals surface area contributed by atoms with Crippen LogP contribution in [0.3, 0.4) is 0 Å². The second kappa shape index (κ2) is 10.9. The molecular formula is C32H24BrClN4S. The summed E-state index contributed by atoms with van der Waals surface area (Å²) in [5.41, 5.74) is 8.00. The highest BCUT2D eigenvalue weighted by atomic mass is 79.9. The number of hydrogen-bond acceptors (Lipinski definition) is 3. The molecule has 4 aromatic carbocycles. The van der Waals surface area contributed by atoms with Crippen LogP contribution in [0.2, 0.25) is 5.02 Å². The van der Waals surface area contributed by atoms with Gasteiger partial charge in [-0.25, -0.2) is 5.01 Å². The van der Waals surface area contributed by atoms with Crippen LogP contribution < -0.4 is 5.32 Å². The summed E-state index contributed by atoms with van der Waals surface area (Å²) in [4.78, 5) is 4.98. The number of para-hydroxylation sites is 1. The lowest BCUT2D eigenvalue weighted by Crippen LogP contribution is -2.31. The number of aryl methyl sites for hydroxylation is 1. The third kappa shape index (κ3) is 5.20. The summed E-state index contributed by atoms with van der Waals surface area (Å²) < 4.78 is 1.03. The molecular weight excluding hydrogens is 588 g/mol. The Hall–Kier alpha value is -3.58. The van der Waals surface area contributed by atoms with Crippen molar-refractivity contribution in [1.29, 1.82) is 0 Å². The molecule has 0 saturated carbocycles. The van der Waals surface area contributed by atoms with E-state index in [0.717, 1.165) is 54.7 Å². The SMILES string of the molecule is Cc1nc2ccc(Cl)cc2c(-c2ccccc2)c1C1=NN(C(=S)Nc2ccccc2)[C@@H](c2ccc(Br)cc2)C1. The van der Waals surface area contributed by atoms with Gasteiger partial charge in [-0.3, -0.25) is 4.98 Å². The van der Waals surface area contributed by atoms with Crippen LogP contribution in [-0.4, -0.2) is 20.8 Å². The first-order valence-corrected chi connectivity index (χ1v) is 14.2. The van der Waals surface area contributed by atoms with Gasteiger partial charge in [-0.2, -0.15) is 5.10 Å². The number of aromatic nitrogens is 1. The van der Waals surface area contributed by atoms with E-state index in [1.54, 1.807) is 0 Å². The molecule has 1 aromatic heterocycles. The number of fused-ring (bicyclic) bond motifs is 1. The zero-order valence-corrected chi connectivity index (χ0v) is 24.3. The average molecular weight is 612 g/mol. The van der Waals surface area contributed by atoms with Gasteiger partial charge >= 0.3 is 0 Å². The molecule has 6 rings (SSSR count). The second-order valence-electron chi connectivity index (χ2n) is 9.43. The van der Waals surface area contributed by atoms with Gasteiger partial charge in [-0.1, -0.05) is 88.2 Å². The van der Waals surface area contributed by atoms with Crippen LogP contribution in [0, 0.1) is 6.92 Å². The monoisotopic (exact) mass is 610 g/mol. The number of nitrogens with zero attached hydrogens (tertiary/aromatic N) is 3. The minimum atomic E-state index is -0.0742. The third-order valence-electron chi connectivity index (χ3n) is 6.88. The van der Waals surface area contributed by atoms with Gasteiger partial charge in [0.15, 0.2) is 5.11 Å². The summed E-state index contributed by atoms with van der Waals surface area (Å²) in [6, 6.07) is 34.5. The maximum Gasteiger partial charge on any atom is 0.194 e. The predicted molar refractivity (Wildman–Crippen MR) is 169 cm³/mol. The predicted octanol–water partition coefficient (Wildman–Crippen LogP) is 9.17. The molecule has 0 unspecified atom stereocenters. The molecule has 1 aliphatic heterocycles. The number of nitrogens with one attached hydrogen (secondary N) is 1. The van der Waals surface area contributed by atoms with Crippen molar-refractivity contribution in [3.8, 4) is 11.1 Å². The molecule has 0 aliphatic carbocycles. The summed E-state index contributed by atoms with van der Waals surface area (Å²) in [6.45, 7) is 2.05. The standard InChI is InChI=1S/C32H24BrClN4S/c1-20-30(31(22-8-4-2-5-9-22)26-18-24(34)16-17-27(26)35-20)28-19-29(21-12-14-23(33)15-13-21)38(37-28)32(39)36-25-10-6-3-7-11-25/h2-18,29H,19H2,1H3,(H,36,39)/t29-/m1/s1. The van der Waals surface area contributed by atoms with Crippen LogP contribution in [-0.2, 0) is 0 Å². The molecule has 192 valence electrons. The second-order valence-corrected chi connectivity index (χ2v) is 11.2. The number of benzene rings is 4. The number of thiocarbonyl (C=S) groups is 1. The molecule has 1 aliphatic rings. The molecule has 5 aromatic rings. The van der Waals surface area contributed by atoms with E-state index in [2.05, 4.69) is 76.7 Å². The molecule has 4 nitrogen and oxygen atoms in total. The Kier molecular flexibility index (Phi) is 7.17.